The summed E-state index contributed by atoms with van der Waals surface area (Å²) in [6, 6.07) is 11.5. The Labute approximate surface area is 157 Å². The van der Waals surface area contributed by atoms with Gasteiger partial charge in [-0.3, -0.25) is 9.48 Å². The van der Waals surface area contributed by atoms with Gasteiger partial charge in [0.25, 0.3) is 5.91 Å². The number of aryl methyl sites for hydroxylation is 1. The molecule has 138 valence electrons. The van der Waals surface area contributed by atoms with E-state index < -0.39 is 6.10 Å². The molecule has 1 amide bonds. The Morgan fingerprint density at radius 3 is 2.96 bits per heavy atom. The molecule has 0 spiro atoms. The monoisotopic (exact) mass is 363 g/mol. The number of hydrogen-bond acceptors (Lipinski definition) is 5. The van der Waals surface area contributed by atoms with Crippen LogP contribution in [0.5, 0.6) is 0 Å². The van der Waals surface area contributed by atoms with Crippen LogP contribution in [0.2, 0.25) is 0 Å². The molecule has 0 bridgehead atoms. The molecule has 1 aliphatic rings. The SMILES string of the molecule is Cn1cc(C(O)CNc2ncccc2C(=O)N2CCc3ccccc32)cn1. The quantitative estimate of drug-likeness (QED) is 0.726. The number of fused-ring (bicyclic) bond motifs is 1. The lowest BCUT2D eigenvalue weighted by atomic mass is 10.1. The molecule has 2 N–H and O–H groups in total. The average molecular weight is 363 g/mol. The molecule has 27 heavy (non-hydrogen) atoms. The first-order chi connectivity index (χ1) is 13.1. The van der Waals surface area contributed by atoms with Crippen LogP contribution in [0.15, 0.2) is 55.0 Å². The molecular formula is C20H21N5O2. The molecule has 7 nitrogen and oxygen atoms in total. The molecule has 3 heterocycles. The highest BCUT2D eigenvalue weighted by molar-refractivity contribution is 6.10. The van der Waals surface area contributed by atoms with Crippen molar-refractivity contribution in [3.63, 3.8) is 0 Å². The van der Waals surface area contributed by atoms with E-state index in [1.165, 1.54) is 5.56 Å². The Hall–Kier alpha value is -3.19. The zero-order valence-corrected chi connectivity index (χ0v) is 15.0. The minimum absolute atomic E-state index is 0.0913. The fourth-order valence-electron chi connectivity index (χ4n) is 3.34. The summed E-state index contributed by atoms with van der Waals surface area (Å²) < 4.78 is 1.64. The summed E-state index contributed by atoms with van der Waals surface area (Å²) in [6.45, 7) is 0.893. The summed E-state index contributed by atoms with van der Waals surface area (Å²) in [6.07, 6.45) is 5.13. The summed E-state index contributed by atoms with van der Waals surface area (Å²) in [5, 5.41) is 17.5. The van der Waals surface area contributed by atoms with Gasteiger partial charge in [-0.15, -0.1) is 0 Å². The lowest BCUT2D eigenvalue weighted by Crippen LogP contribution is -2.30. The smallest absolute Gasteiger partial charge is 0.262 e. The predicted octanol–water partition coefficient (Wildman–Crippen LogP) is 2.16. The second-order valence-electron chi connectivity index (χ2n) is 6.58. The van der Waals surface area contributed by atoms with Crippen molar-refractivity contribution in [2.24, 2.45) is 7.05 Å². The Bertz CT molecular complexity index is 968. The van der Waals surface area contributed by atoms with Gasteiger partial charge in [0, 0.05) is 43.8 Å². The van der Waals surface area contributed by atoms with E-state index in [9.17, 15) is 9.90 Å². The summed E-state index contributed by atoms with van der Waals surface area (Å²) in [4.78, 5) is 19.2. The summed E-state index contributed by atoms with van der Waals surface area (Å²) in [5.41, 5.74) is 3.33. The number of nitrogens with zero attached hydrogens (tertiary/aromatic N) is 4. The molecule has 0 aliphatic carbocycles. The van der Waals surface area contributed by atoms with Crippen LogP contribution < -0.4 is 10.2 Å². The number of rotatable bonds is 5. The van der Waals surface area contributed by atoms with Gasteiger partial charge in [-0.2, -0.15) is 5.10 Å². The number of nitrogens with one attached hydrogen (secondary N) is 1. The minimum atomic E-state index is -0.740. The van der Waals surface area contributed by atoms with Gasteiger partial charge in [-0.1, -0.05) is 18.2 Å². The Balaban J connectivity index is 1.52. The van der Waals surface area contributed by atoms with Crippen molar-refractivity contribution in [2.75, 3.05) is 23.3 Å². The van der Waals surface area contributed by atoms with E-state index in [1.54, 1.807) is 47.4 Å². The Morgan fingerprint density at radius 1 is 1.30 bits per heavy atom. The highest BCUT2D eigenvalue weighted by Gasteiger charge is 2.27. The molecule has 0 radical (unpaired) electrons. The third-order valence-corrected chi connectivity index (χ3v) is 4.74. The molecule has 1 aliphatic heterocycles. The van der Waals surface area contributed by atoms with Crippen molar-refractivity contribution < 1.29 is 9.90 Å². The van der Waals surface area contributed by atoms with Crippen LogP contribution in [0.25, 0.3) is 0 Å². The molecule has 1 unspecified atom stereocenters. The minimum Gasteiger partial charge on any atom is -0.386 e. The summed E-state index contributed by atoms with van der Waals surface area (Å²) in [5.74, 6) is 0.376. The van der Waals surface area contributed by atoms with Gasteiger partial charge in [0.2, 0.25) is 0 Å². The normalized spacial score (nSPS) is 14.1. The van der Waals surface area contributed by atoms with Gasteiger partial charge in [0.15, 0.2) is 0 Å². The zero-order chi connectivity index (χ0) is 18.8. The van der Waals surface area contributed by atoms with Crippen LogP contribution in [0.4, 0.5) is 11.5 Å². The largest absolute Gasteiger partial charge is 0.386 e. The van der Waals surface area contributed by atoms with Crippen molar-refractivity contribution in [2.45, 2.75) is 12.5 Å². The first-order valence-corrected chi connectivity index (χ1v) is 8.89. The van der Waals surface area contributed by atoms with E-state index in [4.69, 9.17) is 0 Å². The van der Waals surface area contributed by atoms with E-state index >= 15 is 0 Å². The maximum Gasteiger partial charge on any atom is 0.262 e. The second kappa shape index (κ2) is 7.20. The number of pyridine rings is 1. The van der Waals surface area contributed by atoms with Crippen LogP contribution in [-0.2, 0) is 13.5 Å². The number of para-hydroxylation sites is 1. The van der Waals surface area contributed by atoms with E-state index in [-0.39, 0.29) is 12.5 Å². The van der Waals surface area contributed by atoms with Gasteiger partial charge >= 0.3 is 0 Å². The number of benzene rings is 1. The molecule has 0 saturated heterocycles. The first kappa shape index (κ1) is 17.2. The van der Waals surface area contributed by atoms with Gasteiger partial charge < -0.3 is 15.3 Å². The van der Waals surface area contributed by atoms with Crippen molar-refractivity contribution in [3.8, 4) is 0 Å². The van der Waals surface area contributed by atoms with Gasteiger partial charge in [0.1, 0.15) is 5.82 Å². The Kier molecular flexibility index (Phi) is 4.60. The van der Waals surface area contributed by atoms with Crippen LogP contribution in [0.1, 0.15) is 27.6 Å². The predicted molar refractivity (Wildman–Crippen MR) is 103 cm³/mol. The molecule has 4 rings (SSSR count). The molecule has 7 heteroatoms. The van der Waals surface area contributed by atoms with Crippen LogP contribution in [0.3, 0.4) is 0 Å². The Morgan fingerprint density at radius 2 is 2.15 bits per heavy atom. The zero-order valence-electron chi connectivity index (χ0n) is 15.0. The summed E-state index contributed by atoms with van der Waals surface area (Å²) >= 11 is 0. The number of anilines is 2. The van der Waals surface area contributed by atoms with Gasteiger partial charge in [-0.25, -0.2) is 4.98 Å². The lowest BCUT2D eigenvalue weighted by molar-refractivity contribution is 0.0989. The fourth-order valence-corrected chi connectivity index (χ4v) is 3.34. The van der Waals surface area contributed by atoms with Crippen molar-refractivity contribution in [1.29, 1.82) is 0 Å². The summed E-state index contributed by atoms with van der Waals surface area (Å²) in [7, 11) is 1.80. The molecule has 0 fully saturated rings. The average Bonchev–Trinajstić information content (AvgIpc) is 3.32. The number of carbonyl (C=O) groups is 1. The number of aromatic nitrogens is 3. The number of carbonyl (C=O) groups excluding carboxylic acids is 1. The van der Waals surface area contributed by atoms with E-state index in [0.717, 1.165) is 12.1 Å². The molecule has 1 aromatic carbocycles. The maximum atomic E-state index is 13.1. The topological polar surface area (TPSA) is 83.3 Å². The van der Waals surface area contributed by atoms with Crippen molar-refractivity contribution >= 4 is 17.4 Å². The highest BCUT2D eigenvalue weighted by atomic mass is 16.3. The van der Waals surface area contributed by atoms with Crippen LogP contribution >= 0.6 is 0 Å². The molecule has 1 atom stereocenters. The van der Waals surface area contributed by atoms with E-state index in [0.29, 0.717) is 23.5 Å². The standard InChI is InChI=1S/C20H21N5O2/c1-24-13-15(11-23-24)18(26)12-22-19-16(6-4-9-21-19)20(27)25-10-8-14-5-2-3-7-17(14)25/h2-7,9,11,13,18,26H,8,10,12H2,1H3,(H,21,22). The third kappa shape index (κ3) is 3.41. The third-order valence-electron chi connectivity index (χ3n) is 4.74. The number of aliphatic hydroxyl groups excluding tert-OH is 1. The number of hydrogen-bond donors (Lipinski definition) is 2. The first-order valence-electron chi connectivity index (χ1n) is 8.89. The van der Waals surface area contributed by atoms with Crippen LogP contribution in [0, 0.1) is 0 Å². The molecule has 0 saturated carbocycles. The van der Waals surface area contributed by atoms with E-state index in [2.05, 4.69) is 21.5 Å². The van der Waals surface area contributed by atoms with Gasteiger partial charge in [0.05, 0.1) is 17.9 Å². The molecule has 2 aromatic heterocycles. The molecular weight excluding hydrogens is 342 g/mol. The van der Waals surface area contributed by atoms with E-state index in [1.807, 2.05) is 18.2 Å². The fraction of sp³-hybridized carbons (Fsp3) is 0.250. The second-order valence-corrected chi connectivity index (χ2v) is 6.58. The number of amides is 1. The van der Waals surface area contributed by atoms with Gasteiger partial charge in [-0.05, 0) is 30.2 Å². The van der Waals surface area contributed by atoms with Crippen molar-refractivity contribution in [3.05, 3.63) is 71.7 Å². The molecule has 3 aromatic rings. The maximum absolute atomic E-state index is 13.1. The van der Waals surface area contributed by atoms with Crippen LogP contribution in [-0.4, -0.2) is 38.9 Å². The lowest BCUT2D eigenvalue weighted by Gasteiger charge is -2.19. The highest BCUT2D eigenvalue weighted by Crippen LogP contribution is 2.30. The van der Waals surface area contributed by atoms with Crippen molar-refractivity contribution in [1.82, 2.24) is 14.8 Å². The number of aliphatic hydroxyl groups is 1.